The molecule has 146 valence electrons. The number of cyclic esters (lactones) is 2. The van der Waals surface area contributed by atoms with Crippen molar-refractivity contribution in [2.75, 3.05) is 0 Å². The number of hydrogen-bond acceptors (Lipinski definition) is 4. The third kappa shape index (κ3) is 3.84. The van der Waals surface area contributed by atoms with Crippen LogP contribution in [0.3, 0.4) is 0 Å². The topological polar surface area (TPSA) is 52.6 Å². The summed E-state index contributed by atoms with van der Waals surface area (Å²) < 4.78 is 11.6. The highest BCUT2D eigenvalue weighted by molar-refractivity contribution is 6.74. The zero-order valence-corrected chi connectivity index (χ0v) is 18.0. The molecule has 1 aliphatic heterocycles. The Bertz CT molecular complexity index is 600. The summed E-state index contributed by atoms with van der Waals surface area (Å²) in [5, 5.41) is 0.212. The van der Waals surface area contributed by atoms with Gasteiger partial charge in [-0.2, -0.15) is 0 Å². The van der Waals surface area contributed by atoms with E-state index >= 15 is 0 Å². The number of carbonyl (C=O) groups is 2. The van der Waals surface area contributed by atoms with Crippen molar-refractivity contribution in [2.45, 2.75) is 96.4 Å². The molecular formula is C21H34O4Si. The molecule has 0 bridgehead atoms. The number of esters is 2. The van der Waals surface area contributed by atoms with Crippen LogP contribution in [0.15, 0.2) is 11.1 Å². The number of rotatable bonds is 4. The molecule has 0 aromatic rings. The van der Waals surface area contributed by atoms with Gasteiger partial charge in [0.1, 0.15) is 0 Å². The summed E-state index contributed by atoms with van der Waals surface area (Å²) in [4.78, 5) is 24.6. The molecule has 0 atom stereocenters. The van der Waals surface area contributed by atoms with Crippen LogP contribution in [0.2, 0.25) is 18.1 Å². The number of ether oxygens (including phenoxy) is 1. The molecule has 0 spiro atoms. The Hall–Kier alpha value is -0.943. The van der Waals surface area contributed by atoms with E-state index in [0.717, 1.165) is 56.9 Å². The van der Waals surface area contributed by atoms with Crippen LogP contribution < -0.4 is 0 Å². The predicted molar refractivity (Wildman–Crippen MR) is 104 cm³/mol. The molecule has 3 rings (SSSR count). The van der Waals surface area contributed by atoms with Crippen molar-refractivity contribution in [1.82, 2.24) is 0 Å². The summed E-state index contributed by atoms with van der Waals surface area (Å²) >= 11 is 0. The first-order valence-corrected chi connectivity index (χ1v) is 13.2. The quantitative estimate of drug-likeness (QED) is 0.386. The van der Waals surface area contributed by atoms with E-state index in [1.54, 1.807) is 0 Å². The summed E-state index contributed by atoms with van der Waals surface area (Å²) in [6, 6.07) is 0. The molecule has 4 nitrogen and oxygen atoms in total. The third-order valence-corrected chi connectivity index (χ3v) is 11.6. The van der Waals surface area contributed by atoms with Gasteiger partial charge in [-0.25, -0.2) is 9.59 Å². The van der Waals surface area contributed by atoms with Crippen molar-refractivity contribution in [1.29, 1.82) is 0 Å². The summed E-state index contributed by atoms with van der Waals surface area (Å²) in [6.07, 6.45) is 8.42. The average Bonchev–Trinajstić information content (AvgIpc) is 3.14. The van der Waals surface area contributed by atoms with Crippen LogP contribution in [-0.4, -0.2) is 26.4 Å². The molecule has 0 N–H and O–H groups in total. The maximum absolute atomic E-state index is 12.4. The summed E-state index contributed by atoms with van der Waals surface area (Å²) in [5.41, 5.74) is 1.44. The van der Waals surface area contributed by atoms with Gasteiger partial charge < -0.3 is 9.16 Å². The first-order valence-electron chi connectivity index (χ1n) is 10.3. The second-order valence-electron chi connectivity index (χ2n) is 9.84. The first kappa shape index (κ1) is 19.8. The highest BCUT2D eigenvalue weighted by Crippen LogP contribution is 2.44. The molecule has 2 fully saturated rings. The second kappa shape index (κ2) is 7.23. The zero-order chi connectivity index (χ0) is 19.1. The highest BCUT2D eigenvalue weighted by atomic mass is 28.4. The van der Waals surface area contributed by atoms with Crippen LogP contribution in [0.5, 0.6) is 0 Å². The summed E-state index contributed by atoms with van der Waals surface area (Å²) in [7, 11) is -1.76. The molecule has 0 aromatic heterocycles. The van der Waals surface area contributed by atoms with Crippen LogP contribution in [0, 0.1) is 11.8 Å². The van der Waals surface area contributed by atoms with Gasteiger partial charge >= 0.3 is 11.9 Å². The van der Waals surface area contributed by atoms with Crippen molar-refractivity contribution in [3.8, 4) is 0 Å². The Morgan fingerprint density at radius 2 is 1.31 bits per heavy atom. The summed E-state index contributed by atoms with van der Waals surface area (Å²) in [5.74, 6) is -0.323. The van der Waals surface area contributed by atoms with Gasteiger partial charge in [0.25, 0.3) is 0 Å². The van der Waals surface area contributed by atoms with E-state index in [1.165, 1.54) is 0 Å². The lowest BCUT2D eigenvalue weighted by atomic mass is 9.79. The number of hydrogen-bond donors (Lipinski definition) is 0. The minimum Gasteiger partial charge on any atom is -0.414 e. The van der Waals surface area contributed by atoms with Crippen molar-refractivity contribution in [3.05, 3.63) is 11.1 Å². The Morgan fingerprint density at radius 3 is 1.77 bits per heavy atom. The molecule has 2 aliphatic carbocycles. The standard InChI is InChI=1S/C21H34O4Si/c1-21(2,3)26(4,5)25-16-12-10-15(11-13-16)18-17(14-8-6-7-9-14)19(22)24-20(18)23/h14-16H,6-13H2,1-5H3. The van der Waals surface area contributed by atoms with Gasteiger partial charge in [-0.15, -0.1) is 0 Å². The molecule has 0 amide bonds. The monoisotopic (exact) mass is 378 g/mol. The van der Waals surface area contributed by atoms with Crippen molar-refractivity contribution >= 4 is 20.3 Å². The molecule has 5 heteroatoms. The van der Waals surface area contributed by atoms with E-state index in [4.69, 9.17) is 9.16 Å². The largest absolute Gasteiger partial charge is 0.414 e. The van der Waals surface area contributed by atoms with Crippen molar-refractivity contribution in [3.63, 3.8) is 0 Å². The van der Waals surface area contributed by atoms with Gasteiger partial charge in [0.05, 0.1) is 11.1 Å². The van der Waals surface area contributed by atoms with Crippen LogP contribution >= 0.6 is 0 Å². The van der Waals surface area contributed by atoms with E-state index in [0.29, 0.717) is 5.57 Å². The van der Waals surface area contributed by atoms with Gasteiger partial charge in [-0.1, -0.05) is 33.6 Å². The van der Waals surface area contributed by atoms with Crippen LogP contribution in [0.1, 0.15) is 72.1 Å². The van der Waals surface area contributed by atoms with Gasteiger partial charge in [-0.05, 0) is 68.5 Å². The predicted octanol–water partition coefficient (Wildman–Crippen LogP) is 5.14. The van der Waals surface area contributed by atoms with E-state index in [1.807, 2.05) is 0 Å². The van der Waals surface area contributed by atoms with Crippen LogP contribution in [0.25, 0.3) is 0 Å². The SMILES string of the molecule is CC(C)(C)[Si](C)(C)OC1CCC(C2=C(C3CCCC3)C(=O)OC2=O)CC1. The molecule has 0 radical (unpaired) electrons. The Labute approximate surface area is 158 Å². The second-order valence-corrected chi connectivity index (χ2v) is 14.6. The van der Waals surface area contributed by atoms with E-state index < -0.39 is 8.32 Å². The molecule has 3 aliphatic rings. The van der Waals surface area contributed by atoms with Crippen LogP contribution in [-0.2, 0) is 18.8 Å². The fourth-order valence-electron chi connectivity index (χ4n) is 4.46. The minimum absolute atomic E-state index is 0.170. The Balaban J connectivity index is 1.69. The highest BCUT2D eigenvalue weighted by Gasteiger charge is 2.44. The maximum atomic E-state index is 12.4. The molecule has 2 saturated carbocycles. The van der Waals surface area contributed by atoms with Gasteiger partial charge in [0, 0.05) is 6.10 Å². The van der Waals surface area contributed by atoms with E-state index in [-0.39, 0.29) is 34.9 Å². The van der Waals surface area contributed by atoms with Crippen molar-refractivity contribution in [2.24, 2.45) is 11.8 Å². The molecule has 1 heterocycles. The van der Waals surface area contributed by atoms with Crippen molar-refractivity contribution < 1.29 is 18.8 Å². The van der Waals surface area contributed by atoms with Gasteiger partial charge in [-0.3, -0.25) is 0 Å². The maximum Gasteiger partial charge on any atom is 0.342 e. The normalized spacial score (nSPS) is 28.8. The number of carbonyl (C=O) groups excluding carboxylic acids is 2. The first-order chi connectivity index (χ1) is 12.1. The lowest BCUT2D eigenvalue weighted by molar-refractivity contribution is -0.151. The lowest BCUT2D eigenvalue weighted by Gasteiger charge is -2.41. The smallest absolute Gasteiger partial charge is 0.342 e. The molecule has 26 heavy (non-hydrogen) atoms. The summed E-state index contributed by atoms with van der Waals surface area (Å²) in [6.45, 7) is 11.4. The van der Waals surface area contributed by atoms with Gasteiger partial charge in [0.2, 0.25) is 0 Å². The fraction of sp³-hybridized carbons (Fsp3) is 0.810. The Kier molecular flexibility index (Phi) is 5.51. The van der Waals surface area contributed by atoms with E-state index in [9.17, 15) is 9.59 Å². The molecule has 0 aromatic carbocycles. The lowest BCUT2D eigenvalue weighted by Crippen LogP contribution is -2.44. The molecule has 0 saturated heterocycles. The fourth-order valence-corrected chi connectivity index (χ4v) is 5.89. The minimum atomic E-state index is -1.76. The zero-order valence-electron chi connectivity index (χ0n) is 17.0. The molecule has 0 unspecified atom stereocenters. The third-order valence-electron chi connectivity index (χ3n) is 7.03. The van der Waals surface area contributed by atoms with Crippen LogP contribution in [0.4, 0.5) is 0 Å². The molecular weight excluding hydrogens is 344 g/mol. The van der Waals surface area contributed by atoms with Gasteiger partial charge in [0.15, 0.2) is 8.32 Å². The Morgan fingerprint density at radius 1 is 0.846 bits per heavy atom. The average molecular weight is 379 g/mol. The van der Waals surface area contributed by atoms with E-state index in [2.05, 4.69) is 33.9 Å².